The van der Waals surface area contributed by atoms with E-state index in [0.717, 1.165) is 6.20 Å². The average molecular weight is 240 g/mol. The lowest BCUT2D eigenvalue weighted by Crippen LogP contribution is -2.39. The number of nitrogens with one attached hydrogen (secondary N) is 1. The minimum atomic E-state index is -0.642. The zero-order chi connectivity index (χ0) is 12.8. The number of hydrogen-bond donors (Lipinski definition) is 2. The maximum Gasteiger partial charge on any atom is 0.254 e. The van der Waals surface area contributed by atoms with Crippen LogP contribution in [0.25, 0.3) is 0 Å². The van der Waals surface area contributed by atoms with E-state index >= 15 is 0 Å². The number of hydrogen-bond acceptors (Lipinski definition) is 3. The Bertz CT molecular complexity index is 383. The van der Waals surface area contributed by atoms with Gasteiger partial charge in [0.1, 0.15) is 0 Å². The van der Waals surface area contributed by atoms with E-state index in [0.29, 0.717) is 6.42 Å². The number of pyridine rings is 1. The standard InChI is InChI=1S/C12H17FN2O2/c1-8(2)11(4-6-16)15-12(17)9-3-5-14-7-10(9)13/h3,5,7-8,11,16H,4,6H2,1-2H3,(H,15,17). The second-order valence-electron chi connectivity index (χ2n) is 4.19. The van der Waals surface area contributed by atoms with Crippen LogP contribution in [-0.2, 0) is 0 Å². The Morgan fingerprint density at radius 1 is 1.59 bits per heavy atom. The van der Waals surface area contributed by atoms with E-state index in [9.17, 15) is 9.18 Å². The predicted octanol–water partition coefficient (Wildman–Crippen LogP) is 1.36. The number of halogens is 1. The molecule has 0 aromatic carbocycles. The van der Waals surface area contributed by atoms with Crippen LogP contribution in [-0.4, -0.2) is 28.6 Å². The van der Waals surface area contributed by atoms with Gasteiger partial charge in [-0.15, -0.1) is 0 Å². The van der Waals surface area contributed by atoms with Crippen LogP contribution in [0, 0.1) is 11.7 Å². The predicted molar refractivity (Wildman–Crippen MR) is 62.0 cm³/mol. The van der Waals surface area contributed by atoms with E-state index in [1.54, 1.807) is 0 Å². The summed E-state index contributed by atoms with van der Waals surface area (Å²) >= 11 is 0. The molecule has 17 heavy (non-hydrogen) atoms. The number of aromatic nitrogens is 1. The molecule has 0 fully saturated rings. The third kappa shape index (κ3) is 3.78. The van der Waals surface area contributed by atoms with Crippen LogP contribution >= 0.6 is 0 Å². The number of amides is 1. The average Bonchev–Trinajstić information content (AvgIpc) is 2.28. The van der Waals surface area contributed by atoms with Gasteiger partial charge in [-0.05, 0) is 18.4 Å². The van der Waals surface area contributed by atoms with Crippen molar-refractivity contribution in [3.63, 3.8) is 0 Å². The van der Waals surface area contributed by atoms with Crippen LogP contribution in [0.2, 0.25) is 0 Å². The minimum Gasteiger partial charge on any atom is -0.396 e. The monoisotopic (exact) mass is 240 g/mol. The summed E-state index contributed by atoms with van der Waals surface area (Å²) in [5.41, 5.74) is -0.0245. The van der Waals surface area contributed by atoms with Crippen molar-refractivity contribution in [1.29, 1.82) is 0 Å². The lowest BCUT2D eigenvalue weighted by atomic mass is 10.0. The van der Waals surface area contributed by atoms with Gasteiger partial charge in [-0.2, -0.15) is 0 Å². The Hall–Kier alpha value is -1.49. The molecular weight excluding hydrogens is 223 g/mol. The van der Waals surface area contributed by atoms with Gasteiger partial charge in [-0.3, -0.25) is 9.78 Å². The SMILES string of the molecule is CC(C)C(CCO)NC(=O)c1ccncc1F. The van der Waals surface area contributed by atoms with Gasteiger partial charge in [0, 0.05) is 18.8 Å². The Morgan fingerprint density at radius 2 is 2.29 bits per heavy atom. The van der Waals surface area contributed by atoms with Crippen LogP contribution < -0.4 is 5.32 Å². The fourth-order valence-corrected chi connectivity index (χ4v) is 1.52. The van der Waals surface area contributed by atoms with Gasteiger partial charge in [0.05, 0.1) is 11.8 Å². The first-order chi connectivity index (χ1) is 8.06. The van der Waals surface area contributed by atoms with Gasteiger partial charge in [0.25, 0.3) is 5.91 Å². The van der Waals surface area contributed by atoms with Crippen molar-refractivity contribution in [2.24, 2.45) is 5.92 Å². The Balaban J connectivity index is 2.74. The van der Waals surface area contributed by atoms with Crippen LogP contribution in [0.4, 0.5) is 4.39 Å². The molecule has 4 nitrogen and oxygen atoms in total. The molecule has 0 aliphatic heterocycles. The maximum atomic E-state index is 13.3. The van der Waals surface area contributed by atoms with Crippen molar-refractivity contribution in [3.8, 4) is 0 Å². The lowest BCUT2D eigenvalue weighted by Gasteiger charge is -2.21. The molecule has 0 aliphatic carbocycles. The van der Waals surface area contributed by atoms with Gasteiger partial charge >= 0.3 is 0 Å². The number of rotatable bonds is 5. The molecule has 1 unspecified atom stereocenters. The van der Waals surface area contributed by atoms with Crippen molar-refractivity contribution in [3.05, 3.63) is 29.8 Å². The van der Waals surface area contributed by atoms with Crippen LogP contribution in [0.3, 0.4) is 0 Å². The summed E-state index contributed by atoms with van der Waals surface area (Å²) in [4.78, 5) is 15.4. The van der Waals surface area contributed by atoms with Crippen LogP contribution in [0.5, 0.6) is 0 Å². The van der Waals surface area contributed by atoms with Gasteiger partial charge in [-0.25, -0.2) is 4.39 Å². The van der Waals surface area contributed by atoms with Crippen molar-refractivity contribution >= 4 is 5.91 Å². The molecule has 1 aromatic heterocycles. The minimum absolute atomic E-state index is 0.0120. The molecule has 1 atom stereocenters. The molecular formula is C12H17FN2O2. The molecule has 5 heteroatoms. The highest BCUT2D eigenvalue weighted by Crippen LogP contribution is 2.09. The summed E-state index contributed by atoms with van der Waals surface area (Å²) in [5, 5.41) is 11.6. The van der Waals surface area contributed by atoms with Gasteiger partial charge in [0.15, 0.2) is 5.82 Å². The molecule has 1 rings (SSSR count). The first-order valence-electron chi connectivity index (χ1n) is 5.57. The Labute approximate surface area is 99.9 Å². The van der Waals surface area contributed by atoms with E-state index in [4.69, 9.17) is 5.11 Å². The Kier molecular flexibility index (Phi) is 5.03. The normalized spacial score (nSPS) is 12.5. The summed E-state index contributed by atoms with van der Waals surface area (Å²) in [6, 6.07) is 1.17. The highest BCUT2D eigenvalue weighted by Gasteiger charge is 2.18. The quantitative estimate of drug-likeness (QED) is 0.816. The molecule has 0 aliphatic rings. The van der Waals surface area contributed by atoms with Crippen molar-refractivity contribution in [2.45, 2.75) is 26.3 Å². The third-order valence-corrected chi connectivity index (χ3v) is 2.58. The fraction of sp³-hybridized carbons (Fsp3) is 0.500. The number of aliphatic hydroxyl groups is 1. The molecule has 1 heterocycles. The van der Waals surface area contributed by atoms with E-state index < -0.39 is 11.7 Å². The van der Waals surface area contributed by atoms with Crippen molar-refractivity contribution in [1.82, 2.24) is 10.3 Å². The van der Waals surface area contributed by atoms with Crippen molar-refractivity contribution < 1.29 is 14.3 Å². The molecule has 0 saturated heterocycles. The lowest BCUT2D eigenvalue weighted by molar-refractivity contribution is 0.0912. The fourth-order valence-electron chi connectivity index (χ4n) is 1.52. The first kappa shape index (κ1) is 13.6. The molecule has 0 spiro atoms. The second-order valence-corrected chi connectivity index (χ2v) is 4.19. The van der Waals surface area contributed by atoms with E-state index in [2.05, 4.69) is 10.3 Å². The summed E-state index contributed by atoms with van der Waals surface area (Å²) in [6.07, 6.45) is 2.83. The molecule has 94 valence electrons. The van der Waals surface area contributed by atoms with E-state index in [-0.39, 0.29) is 24.1 Å². The zero-order valence-electron chi connectivity index (χ0n) is 9.98. The molecule has 1 amide bonds. The van der Waals surface area contributed by atoms with Crippen molar-refractivity contribution in [2.75, 3.05) is 6.61 Å². The highest BCUT2D eigenvalue weighted by molar-refractivity contribution is 5.94. The van der Waals surface area contributed by atoms with Gasteiger partial charge in [0.2, 0.25) is 0 Å². The summed E-state index contributed by atoms with van der Waals surface area (Å²) in [6.45, 7) is 3.86. The third-order valence-electron chi connectivity index (χ3n) is 2.58. The number of carbonyl (C=O) groups excluding carboxylic acids is 1. The first-order valence-corrected chi connectivity index (χ1v) is 5.57. The van der Waals surface area contributed by atoms with Gasteiger partial charge in [-0.1, -0.05) is 13.8 Å². The molecule has 0 radical (unpaired) electrons. The van der Waals surface area contributed by atoms with E-state index in [1.165, 1.54) is 12.3 Å². The molecule has 2 N–H and O–H groups in total. The second kappa shape index (κ2) is 6.30. The zero-order valence-corrected chi connectivity index (χ0v) is 9.98. The number of nitrogens with zero attached hydrogens (tertiary/aromatic N) is 1. The van der Waals surface area contributed by atoms with Crippen LogP contribution in [0.15, 0.2) is 18.5 Å². The van der Waals surface area contributed by atoms with Crippen LogP contribution in [0.1, 0.15) is 30.6 Å². The Morgan fingerprint density at radius 3 is 2.82 bits per heavy atom. The largest absolute Gasteiger partial charge is 0.396 e. The maximum absolute atomic E-state index is 13.3. The molecule has 0 saturated carbocycles. The topological polar surface area (TPSA) is 62.2 Å². The molecule has 1 aromatic rings. The summed E-state index contributed by atoms with van der Waals surface area (Å²) < 4.78 is 13.3. The summed E-state index contributed by atoms with van der Waals surface area (Å²) in [5.74, 6) is -0.940. The molecule has 0 bridgehead atoms. The number of aliphatic hydroxyl groups excluding tert-OH is 1. The van der Waals surface area contributed by atoms with Gasteiger partial charge < -0.3 is 10.4 Å². The smallest absolute Gasteiger partial charge is 0.254 e. The van der Waals surface area contributed by atoms with E-state index in [1.807, 2.05) is 13.8 Å². The summed E-state index contributed by atoms with van der Waals surface area (Å²) in [7, 11) is 0. The highest BCUT2D eigenvalue weighted by atomic mass is 19.1. The number of carbonyl (C=O) groups is 1.